The molecule has 1 aromatic heterocycles. The predicted molar refractivity (Wildman–Crippen MR) is 111 cm³/mol. The molecule has 1 fully saturated rings. The van der Waals surface area contributed by atoms with Gasteiger partial charge in [-0.25, -0.2) is 13.6 Å². The molecular formula is C23H18F5N3O3. The van der Waals surface area contributed by atoms with Gasteiger partial charge in [0.25, 0.3) is 0 Å². The molecule has 2 aliphatic heterocycles. The van der Waals surface area contributed by atoms with Crippen LogP contribution < -0.4 is 20.1 Å². The van der Waals surface area contributed by atoms with Crippen LogP contribution in [-0.2, 0) is 19.3 Å². The lowest BCUT2D eigenvalue weighted by atomic mass is 10.2. The Kier molecular flexibility index (Phi) is 5.41. The Morgan fingerprint density at radius 3 is 2.59 bits per heavy atom. The van der Waals surface area contributed by atoms with Crippen LogP contribution in [-0.4, -0.2) is 22.1 Å². The topological polar surface area (TPSA) is 56.6 Å². The fraction of sp³-hybridized carbons (Fsp3) is 0.304. The number of hydrogen-bond donors (Lipinski definition) is 0. The number of benzene rings is 2. The lowest BCUT2D eigenvalue weighted by Crippen LogP contribution is -2.24. The molecule has 1 saturated heterocycles. The summed E-state index contributed by atoms with van der Waals surface area (Å²) in [4.78, 5) is 18.3. The zero-order valence-corrected chi connectivity index (χ0v) is 17.6. The Bertz CT molecular complexity index is 1280. The van der Waals surface area contributed by atoms with Crippen LogP contribution in [0.1, 0.15) is 24.0 Å². The number of alkyl halides is 3. The van der Waals surface area contributed by atoms with Gasteiger partial charge in [0, 0.05) is 25.2 Å². The molecule has 0 N–H and O–H groups in total. The van der Waals surface area contributed by atoms with Crippen LogP contribution in [0.4, 0.5) is 27.8 Å². The molecule has 0 bridgehead atoms. The van der Waals surface area contributed by atoms with Gasteiger partial charge in [-0.05, 0) is 48.7 Å². The van der Waals surface area contributed by atoms with E-state index in [4.69, 9.17) is 9.47 Å². The molecule has 2 aliphatic rings. The third-order valence-corrected chi connectivity index (χ3v) is 5.86. The molecule has 3 aromatic rings. The van der Waals surface area contributed by atoms with Crippen molar-refractivity contribution in [2.45, 2.75) is 38.2 Å². The molecule has 0 saturated carbocycles. The molecule has 0 spiro atoms. The summed E-state index contributed by atoms with van der Waals surface area (Å²) in [5.74, 6) is -2.68. The second-order valence-corrected chi connectivity index (χ2v) is 8.14. The summed E-state index contributed by atoms with van der Waals surface area (Å²) in [5.41, 5.74) is -1.37. The van der Waals surface area contributed by atoms with E-state index < -0.39 is 34.8 Å². The summed E-state index contributed by atoms with van der Waals surface area (Å²) in [5, 5.41) is 0. The molecule has 0 radical (unpaired) electrons. The minimum atomic E-state index is -4.62. The monoisotopic (exact) mass is 479 g/mol. The molecule has 1 atom stereocenters. The van der Waals surface area contributed by atoms with Gasteiger partial charge in [0.15, 0.2) is 17.4 Å². The van der Waals surface area contributed by atoms with Crippen LogP contribution in [0.15, 0.2) is 47.3 Å². The van der Waals surface area contributed by atoms with Gasteiger partial charge >= 0.3 is 11.9 Å². The summed E-state index contributed by atoms with van der Waals surface area (Å²) in [6.45, 7) is 1.12. The Morgan fingerprint density at radius 1 is 1.09 bits per heavy atom. The van der Waals surface area contributed by atoms with Gasteiger partial charge in [0.2, 0.25) is 5.88 Å². The molecule has 11 heteroatoms. The van der Waals surface area contributed by atoms with E-state index in [9.17, 15) is 26.7 Å². The van der Waals surface area contributed by atoms with E-state index in [2.05, 4.69) is 9.88 Å². The van der Waals surface area contributed by atoms with Crippen molar-refractivity contribution in [3.05, 3.63) is 75.7 Å². The number of rotatable bonds is 5. The van der Waals surface area contributed by atoms with Crippen molar-refractivity contribution >= 4 is 5.82 Å². The van der Waals surface area contributed by atoms with Crippen LogP contribution in [0, 0.1) is 11.6 Å². The lowest BCUT2D eigenvalue weighted by molar-refractivity contribution is -0.137. The highest BCUT2D eigenvalue weighted by Crippen LogP contribution is 2.35. The molecule has 0 amide bonds. The van der Waals surface area contributed by atoms with Gasteiger partial charge in [-0.2, -0.15) is 18.2 Å². The number of hydrogen-bond acceptors (Lipinski definition) is 5. The smallest absolute Gasteiger partial charge is 0.416 e. The summed E-state index contributed by atoms with van der Waals surface area (Å²) in [6.07, 6.45) is -2.60. The molecule has 178 valence electrons. The van der Waals surface area contributed by atoms with Crippen molar-refractivity contribution in [3.63, 3.8) is 0 Å². The predicted octanol–water partition coefficient (Wildman–Crippen LogP) is 4.89. The summed E-state index contributed by atoms with van der Waals surface area (Å²) >= 11 is 0. The Hall–Kier alpha value is -3.63. The zero-order valence-electron chi connectivity index (χ0n) is 17.6. The van der Waals surface area contributed by atoms with Gasteiger partial charge in [0.05, 0.1) is 5.56 Å². The average molecular weight is 479 g/mol. The van der Waals surface area contributed by atoms with Gasteiger partial charge in [-0.3, -0.25) is 4.57 Å². The summed E-state index contributed by atoms with van der Waals surface area (Å²) in [7, 11) is 0. The van der Waals surface area contributed by atoms with Gasteiger partial charge in [-0.1, -0.05) is 6.07 Å². The Labute approximate surface area is 190 Å². The largest absolute Gasteiger partial charge is 0.473 e. The average Bonchev–Trinajstić information content (AvgIpc) is 3.37. The van der Waals surface area contributed by atoms with Crippen molar-refractivity contribution in [1.82, 2.24) is 9.55 Å². The van der Waals surface area contributed by atoms with Crippen LogP contribution in [0.25, 0.3) is 0 Å². The standard InChI is InChI=1S/C23H18F5N3O3/c24-17-7-13(8-18(25)21(17)34-16-5-1-3-14(9-16)23(26,27)28)12-33-19-10-20-30-6-2-4-15(30)11-31(20)22(32)29-19/h1,3,5,7-10,15H,2,4,6,11-12H2. The second-order valence-electron chi connectivity index (χ2n) is 8.14. The van der Waals surface area contributed by atoms with Crippen molar-refractivity contribution < 1.29 is 31.4 Å². The minimum Gasteiger partial charge on any atom is -0.473 e. The van der Waals surface area contributed by atoms with E-state index in [1.54, 1.807) is 10.6 Å². The van der Waals surface area contributed by atoms with Crippen LogP contribution >= 0.6 is 0 Å². The van der Waals surface area contributed by atoms with Crippen LogP contribution in [0.3, 0.4) is 0 Å². The Balaban J connectivity index is 1.32. The molecule has 2 aromatic carbocycles. The van der Waals surface area contributed by atoms with E-state index in [0.29, 0.717) is 18.4 Å². The SMILES string of the molecule is O=c1nc(OCc2cc(F)c(Oc3cccc(C(F)(F)F)c3)c(F)c2)cc2n1CC1CCCN21. The first-order chi connectivity index (χ1) is 16.2. The maximum atomic E-state index is 14.5. The number of nitrogens with zero attached hydrogens (tertiary/aromatic N) is 3. The van der Waals surface area contributed by atoms with Gasteiger partial charge < -0.3 is 14.4 Å². The quantitative estimate of drug-likeness (QED) is 0.488. The highest BCUT2D eigenvalue weighted by molar-refractivity contribution is 5.48. The fourth-order valence-corrected chi connectivity index (χ4v) is 4.30. The van der Waals surface area contributed by atoms with Crippen molar-refractivity contribution in [2.75, 3.05) is 11.4 Å². The zero-order chi connectivity index (χ0) is 24.0. The highest BCUT2D eigenvalue weighted by atomic mass is 19.4. The molecule has 34 heavy (non-hydrogen) atoms. The minimum absolute atomic E-state index is 0.0360. The first kappa shape index (κ1) is 22.2. The van der Waals surface area contributed by atoms with E-state index in [1.807, 2.05) is 0 Å². The first-order valence-corrected chi connectivity index (χ1v) is 10.5. The number of halogens is 5. The van der Waals surface area contributed by atoms with Crippen molar-refractivity contribution in [1.29, 1.82) is 0 Å². The molecule has 3 heterocycles. The maximum absolute atomic E-state index is 14.5. The molecular weight excluding hydrogens is 461 g/mol. The molecule has 6 nitrogen and oxygen atoms in total. The van der Waals surface area contributed by atoms with E-state index in [-0.39, 0.29) is 29.8 Å². The normalized spacial score (nSPS) is 17.0. The van der Waals surface area contributed by atoms with E-state index in [0.717, 1.165) is 49.7 Å². The Morgan fingerprint density at radius 2 is 1.85 bits per heavy atom. The lowest BCUT2D eigenvalue weighted by Gasteiger charge is -2.17. The fourth-order valence-electron chi connectivity index (χ4n) is 4.30. The maximum Gasteiger partial charge on any atom is 0.416 e. The third kappa shape index (κ3) is 4.17. The molecule has 0 aliphatic carbocycles. The third-order valence-electron chi connectivity index (χ3n) is 5.86. The van der Waals surface area contributed by atoms with Gasteiger partial charge in [-0.15, -0.1) is 0 Å². The number of fused-ring (bicyclic) bond motifs is 3. The highest BCUT2D eigenvalue weighted by Gasteiger charge is 2.34. The van der Waals surface area contributed by atoms with Gasteiger partial charge in [0.1, 0.15) is 18.2 Å². The van der Waals surface area contributed by atoms with E-state index in [1.165, 1.54) is 0 Å². The number of anilines is 1. The summed E-state index contributed by atoms with van der Waals surface area (Å²) < 4.78 is 79.8. The molecule has 1 unspecified atom stereocenters. The molecule has 5 rings (SSSR count). The van der Waals surface area contributed by atoms with Crippen molar-refractivity contribution in [2.24, 2.45) is 0 Å². The van der Waals surface area contributed by atoms with Crippen molar-refractivity contribution in [3.8, 4) is 17.4 Å². The second kappa shape index (κ2) is 8.30. The number of aromatic nitrogens is 2. The van der Waals surface area contributed by atoms with Crippen LogP contribution in [0.2, 0.25) is 0 Å². The number of ether oxygens (including phenoxy) is 2. The van der Waals surface area contributed by atoms with Crippen LogP contribution in [0.5, 0.6) is 17.4 Å². The van der Waals surface area contributed by atoms with E-state index >= 15 is 0 Å². The summed E-state index contributed by atoms with van der Waals surface area (Å²) in [6, 6.07) is 7.50. The first-order valence-electron chi connectivity index (χ1n) is 10.5.